The first-order valence-corrected chi connectivity index (χ1v) is 12.1. The van der Waals surface area contributed by atoms with Crippen molar-refractivity contribution < 1.29 is 9.59 Å². The van der Waals surface area contributed by atoms with Crippen molar-refractivity contribution in [3.63, 3.8) is 0 Å². The lowest BCUT2D eigenvalue weighted by Crippen LogP contribution is -2.53. The molecule has 0 bridgehead atoms. The largest absolute Gasteiger partial charge is 0.324 e. The van der Waals surface area contributed by atoms with Crippen molar-refractivity contribution in [3.8, 4) is 0 Å². The molecule has 32 heavy (non-hydrogen) atoms. The van der Waals surface area contributed by atoms with Crippen LogP contribution in [0.5, 0.6) is 0 Å². The van der Waals surface area contributed by atoms with Crippen molar-refractivity contribution in [2.75, 3.05) is 17.6 Å². The molecule has 0 saturated carbocycles. The molecular formula is C25H20ClN3O2S. The molecule has 4 heterocycles. The molecule has 4 atom stereocenters. The number of nitrogens with one attached hydrogen (secondary N) is 1. The van der Waals surface area contributed by atoms with E-state index in [1.54, 1.807) is 30.1 Å². The van der Waals surface area contributed by atoms with Gasteiger partial charge in [0.25, 0.3) is 0 Å². The monoisotopic (exact) mass is 461 g/mol. The number of Topliss-reactive ketones (excluding diaryl/α,β-unsaturated/α-hetero) is 1. The maximum Gasteiger partial charge on any atom is 0.250 e. The maximum absolute atomic E-state index is 14.2. The number of carbonyl (C=O) groups excluding carboxylic acids is 2. The molecule has 7 heteroatoms. The van der Waals surface area contributed by atoms with Gasteiger partial charge in [-0.1, -0.05) is 54.1 Å². The van der Waals surface area contributed by atoms with E-state index in [0.29, 0.717) is 10.7 Å². The van der Waals surface area contributed by atoms with Crippen LogP contribution in [0.1, 0.15) is 27.5 Å². The first kappa shape index (κ1) is 20.0. The highest BCUT2D eigenvalue weighted by atomic mass is 35.5. The van der Waals surface area contributed by atoms with Crippen LogP contribution < -0.4 is 5.32 Å². The number of nitrogens with zero attached hydrogens (tertiary/aromatic N) is 2. The van der Waals surface area contributed by atoms with Gasteiger partial charge in [0.15, 0.2) is 5.78 Å². The van der Waals surface area contributed by atoms with E-state index in [1.807, 2.05) is 54.6 Å². The van der Waals surface area contributed by atoms with Crippen LogP contribution >= 0.6 is 23.4 Å². The van der Waals surface area contributed by atoms with Crippen LogP contribution in [0.2, 0.25) is 5.02 Å². The second-order valence-electron chi connectivity index (χ2n) is 8.33. The third-order valence-corrected chi connectivity index (χ3v) is 8.55. The van der Waals surface area contributed by atoms with Gasteiger partial charge in [-0.2, -0.15) is 0 Å². The lowest BCUT2D eigenvalue weighted by atomic mass is 9.70. The molecular weight excluding hydrogens is 442 g/mol. The number of anilines is 1. The van der Waals surface area contributed by atoms with Gasteiger partial charge in [0.1, 0.15) is 11.2 Å². The molecule has 2 saturated heterocycles. The Morgan fingerprint density at radius 1 is 1.09 bits per heavy atom. The number of fused-ring (bicyclic) bond motifs is 4. The van der Waals surface area contributed by atoms with E-state index in [-0.39, 0.29) is 23.0 Å². The van der Waals surface area contributed by atoms with Gasteiger partial charge in [0.2, 0.25) is 5.91 Å². The summed E-state index contributed by atoms with van der Waals surface area (Å²) in [5.41, 5.74) is 1.82. The van der Waals surface area contributed by atoms with Crippen molar-refractivity contribution in [1.29, 1.82) is 0 Å². The fourth-order valence-electron chi connectivity index (χ4n) is 5.72. The average molecular weight is 462 g/mol. The summed E-state index contributed by atoms with van der Waals surface area (Å²) in [5.74, 6) is -0.276. The second-order valence-corrected chi connectivity index (χ2v) is 9.96. The standard InChI is InChI=1S/C25H20ClN3O2S/c26-17-9-3-1-7-15(17)20-21(22(30)19-11-5-6-12-27-19)25(29-13-14-32-23(20)29)16-8-2-4-10-18(16)28-24(25)31/h1-12,20-21,23H,13-14H2,(H,28,31)/t20-,21+,23+,25-/m0/s1. The Labute approximate surface area is 195 Å². The SMILES string of the molecule is O=C(c1ccccn1)[C@H]1[C@H](c2ccccc2Cl)[C@H]2SCCN2[C@]12C(=O)Nc1ccccc12. The van der Waals surface area contributed by atoms with E-state index in [4.69, 9.17) is 11.6 Å². The number of hydrogen-bond acceptors (Lipinski definition) is 5. The maximum atomic E-state index is 14.2. The molecule has 1 N–H and O–H groups in total. The van der Waals surface area contributed by atoms with Gasteiger partial charge in [-0.15, -0.1) is 11.8 Å². The summed E-state index contributed by atoms with van der Waals surface area (Å²) >= 11 is 8.48. The minimum Gasteiger partial charge on any atom is -0.324 e. The van der Waals surface area contributed by atoms with Gasteiger partial charge >= 0.3 is 0 Å². The normalized spacial score (nSPS) is 28.5. The van der Waals surface area contributed by atoms with Gasteiger partial charge in [-0.25, -0.2) is 0 Å². The smallest absolute Gasteiger partial charge is 0.250 e. The van der Waals surface area contributed by atoms with Crippen LogP contribution in [-0.4, -0.2) is 39.2 Å². The number of carbonyl (C=O) groups is 2. The number of ketones is 1. The van der Waals surface area contributed by atoms with Gasteiger partial charge in [0.05, 0.1) is 11.3 Å². The summed E-state index contributed by atoms with van der Waals surface area (Å²) in [6.45, 7) is 0.726. The van der Waals surface area contributed by atoms with Crippen LogP contribution in [0.3, 0.4) is 0 Å². The van der Waals surface area contributed by atoms with Crippen molar-refractivity contribution in [2.24, 2.45) is 5.92 Å². The van der Waals surface area contributed by atoms with Crippen LogP contribution in [-0.2, 0) is 10.3 Å². The molecule has 3 aliphatic heterocycles. The highest BCUT2D eigenvalue weighted by molar-refractivity contribution is 8.00. The lowest BCUT2D eigenvalue weighted by Gasteiger charge is -2.36. The molecule has 0 unspecified atom stereocenters. The third-order valence-electron chi connectivity index (χ3n) is 6.89. The average Bonchev–Trinajstić information content (AvgIpc) is 3.48. The summed E-state index contributed by atoms with van der Waals surface area (Å²) in [6, 6.07) is 20.7. The minimum atomic E-state index is -1.09. The number of hydrogen-bond donors (Lipinski definition) is 1. The topological polar surface area (TPSA) is 62.3 Å². The van der Waals surface area contributed by atoms with Crippen LogP contribution in [0, 0.1) is 5.92 Å². The minimum absolute atomic E-state index is 0.0375. The zero-order valence-corrected chi connectivity index (χ0v) is 18.6. The highest BCUT2D eigenvalue weighted by Gasteiger charge is 2.70. The van der Waals surface area contributed by atoms with Gasteiger partial charge in [-0.3, -0.25) is 19.5 Å². The van der Waals surface area contributed by atoms with Gasteiger partial charge in [-0.05, 0) is 29.8 Å². The highest BCUT2D eigenvalue weighted by Crippen LogP contribution is 2.62. The summed E-state index contributed by atoms with van der Waals surface area (Å²) < 4.78 is 0. The predicted octanol–water partition coefficient (Wildman–Crippen LogP) is 4.55. The van der Waals surface area contributed by atoms with E-state index in [9.17, 15) is 9.59 Å². The van der Waals surface area contributed by atoms with Crippen molar-refractivity contribution in [2.45, 2.75) is 16.8 Å². The fraction of sp³-hybridized carbons (Fsp3) is 0.240. The van der Waals surface area contributed by atoms with Crippen molar-refractivity contribution in [3.05, 3.63) is 94.8 Å². The number of aromatic nitrogens is 1. The number of benzene rings is 2. The van der Waals surface area contributed by atoms with Gasteiger partial charge in [0, 0.05) is 40.7 Å². The number of halogens is 1. The van der Waals surface area contributed by atoms with Crippen molar-refractivity contribution in [1.82, 2.24) is 9.88 Å². The summed E-state index contributed by atoms with van der Waals surface area (Å²) in [7, 11) is 0. The molecule has 2 aromatic carbocycles. The quantitative estimate of drug-likeness (QED) is 0.579. The molecule has 160 valence electrons. The van der Waals surface area contributed by atoms with Gasteiger partial charge < -0.3 is 5.32 Å². The number of amides is 1. The molecule has 5 nitrogen and oxygen atoms in total. The molecule has 3 aliphatic rings. The number of rotatable bonds is 3. The Morgan fingerprint density at radius 3 is 2.69 bits per heavy atom. The lowest BCUT2D eigenvalue weighted by molar-refractivity contribution is -0.127. The number of pyridine rings is 1. The van der Waals surface area contributed by atoms with Crippen molar-refractivity contribution >= 4 is 40.7 Å². The summed E-state index contributed by atoms with van der Waals surface area (Å²) in [4.78, 5) is 34.6. The Morgan fingerprint density at radius 2 is 1.88 bits per heavy atom. The molecule has 1 aromatic heterocycles. The molecule has 0 aliphatic carbocycles. The van der Waals surface area contributed by atoms with E-state index in [2.05, 4.69) is 15.2 Å². The first-order chi connectivity index (χ1) is 15.6. The molecule has 3 aromatic rings. The van der Waals surface area contributed by atoms with Crippen LogP contribution in [0.15, 0.2) is 72.9 Å². The zero-order valence-electron chi connectivity index (χ0n) is 17.1. The van der Waals surface area contributed by atoms with Crippen LogP contribution in [0.4, 0.5) is 5.69 Å². The number of thioether (sulfide) groups is 1. The van der Waals surface area contributed by atoms with Crippen LogP contribution in [0.25, 0.3) is 0 Å². The third kappa shape index (κ3) is 2.60. The Balaban J connectivity index is 1.64. The fourth-order valence-corrected chi connectivity index (χ4v) is 7.49. The van der Waals surface area contributed by atoms with E-state index >= 15 is 0 Å². The molecule has 1 spiro atoms. The van der Waals surface area contributed by atoms with E-state index in [0.717, 1.165) is 29.1 Å². The Hall–Kier alpha value is -2.67. The summed E-state index contributed by atoms with van der Waals surface area (Å²) in [6.07, 6.45) is 1.62. The Bertz CT molecular complexity index is 1240. The predicted molar refractivity (Wildman–Crippen MR) is 126 cm³/mol. The van der Waals surface area contributed by atoms with E-state index < -0.39 is 11.5 Å². The summed E-state index contributed by atoms with van der Waals surface area (Å²) in [5, 5.41) is 3.65. The second kappa shape index (κ2) is 7.44. The first-order valence-electron chi connectivity index (χ1n) is 10.6. The van der Waals surface area contributed by atoms with E-state index in [1.165, 1.54) is 0 Å². The Kier molecular flexibility index (Phi) is 4.64. The molecule has 1 amide bonds. The molecule has 0 radical (unpaired) electrons. The molecule has 2 fully saturated rings. The number of para-hydroxylation sites is 1. The zero-order chi connectivity index (χ0) is 21.9. The molecule has 6 rings (SSSR count).